The second kappa shape index (κ2) is 5.57. The second-order valence-corrected chi connectivity index (χ2v) is 5.20. The molecule has 2 aromatic carbocycles. The molecule has 0 aromatic heterocycles. The van der Waals surface area contributed by atoms with Gasteiger partial charge in [0.05, 0.1) is 0 Å². The molecule has 0 saturated heterocycles. The third kappa shape index (κ3) is 3.02. The molecule has 0 amide bonds. The van der Waals surface area contributed by atoms with Crippen molar-refractivity contribution >= 4 is 23.2 Å². The van der Waals surface area contributed by atoms with Crippen LogP contribution in [-0.4, -0.2) is 0 Å². The number of alkyl halides is 2. The molecule has 0 aliphatic rings. The molecule has 0 radical (unpaired) electrons. The summed E-state index contributed by atoms with van der Waals surface area (Å²) >= 11 is 11.6. The first kappa shape index (κ1) is 12.5. The van der Waals surface area contributed by atoms with E-state index in [9.17, 15) is 0 Å². The van der Waals surface area contributed by atoms with Gasteiger partial charge in [-0.1, -0.05) is 61.5 Å². The Kier molecular flexibility index (Phi) is 4.09. The zero-order valence-electron chi connectivity index (χ0n) is 9.61. The molecule has 0 aliphatic heterocycles. The molecule has 0 nitrogen and oxygen atoms in total. The topological polar surface area (TPSA) is 0 Å². The van der Waals surface area contributed by atoms with Crippen LogP contribution in [0, 0.1) is 0 Å². The van der Waals surface area contributed by atoms with Gasteiger partial charge in [0.25, 0.3) is 0 Å². The van der Waals surface area contributed by atoms with Crippen molar-refractivity contribution in [2.45, 2.75) is 17.7 Å². The Morgan fingerprint density at radius 2 is 1.18 bits per heavy atom. The lowest BCUT2D eigenvalue weighted by molar-refractivity contribution is 0.921. The molecule has 2 aromatic rings. The van der Waals surface area contributed by atoms with E-state index in [1.807, 2.05) is 18.2 Å². The van der Waals surface area contributed by atoms with Gasteiger partial charge < -0.3 is 0 Å². The Balaban J connectivity index is 2.23. The Hall–Kier alpha value is -0.980. The maximum atomic E-state index is 5.82. The molecule has 0 heterocycles. The molecule has 0 bridgehead atoms. The average Bonchev–Trinajstić information content (AvgIpc) is 2.39. The highest BCUT2D eigenvalue weighted by atomic mass is 35.5. The molecular weight excluding hydrogens is 251 g/mol. The summed E-state index contributed by atoms with van der Waals surface area (Å²) in [6, 6.07) is 18.6. The first-order valence-electron chi connectivity index (χ1n) is 5.61. The number of hydrogen-bond acceptors (Lipinski definition) is 0. The summed E-state index contributed by atoms with van der Waals surface area (Å²) in [5.74, 6) is 0.384. The number of halogens is 2. The minimum absolute atomic E-state index is 0.384. The molecule has 2 heteroatoms. The first-order chi connectivity index (χ1) is 8.18. The van der Waals surface area contributed by atoms with Crippen LogP contribution < -0.4 is 0 Å². The van der Waals surface area contributed by atoms with E-state index in [2.05, 4.69) is 43.3 Å². The zero-order valence-corrected chi connectivity index (χ0v) is 11.1. The van der Waals surface area contributed by atoms with Crippen molar-refractivity contribution in [3.63, 3.8) is 0 Å². The Morgan fingerprint density at radius 3 is 1.71 bits per heavy atom. The van der Waals surface area contributed by atoms with Crippen LogP contribution >= 0.6 is 23.2 Å². The quantitative estimate of drug-likeness (QED) is 0.659. The summed E-state index contributed by atoms with van der Waals surface area (Å²) in [5, 5.41) is 0. The Bertz CT molecular complexity index is 460. The molecule has 0 spiro atoms. The van der Waals surface area contributed by atoms with E-state index in [0.29, 0.717) is 5.92 Å². The lowest BCUT2D eigenvalue weighted by Gasteiger charge is -2.13. The van der Waals surface area contributed by atoms with E-state index in [4.69, 9.17) is 23.2 Å². The summed E-state index contributed by atoms with van der Waals surface area (Å²) in [6.45, 7) is 2.20. The maximum Gasteiger partial charge on any atom is 0.132 e. The van der Waals surface area contributed by atoms with Crippen LogP contribution in [-0.2, 0) is 0 Å². The average molecular weight is 265 g/mol. The molecule has 0 fully saturated rings. The number of hydrogen-bond donors (Lipinski definition) is 0. The van der Waals surface area contributed by atoms with Gasteiger partial charge in [-0.05, 0) is 16.7 Å². The van der Waals surface area contributed by atoms with E-state index in [1.54, 1.807) is 0 Å². The molecule has 1 unspecified atom stereocenters. The molecule has 88 valence electrons. The summed E-state index contributed by atoms with van der Waals surface area (Å²) in [7, 11) is 0. The van der Waals surface area contributed by atoms with E-state index >= 15 is 0 Å². The van der Waals surface area contributed by atoms with Crippen LogP contribution in [0.1, 0.15) is 34.4 Å². The van der Waals surface area contributed by atoms with Crippen LogP contribution in [0.5, 0.6) is 0 Å². The second-order valence-electron chi connectivity index (χ2n) is 4.10. The van der Waals surface area contributed by atoms with Crippen molar-refractivity contribution in [3.8, 4) is 0 Å². The standard InChI is InChI=1S/C15H14Cl2/c1-11(12-5-3-2-4-6-12)13-7-9-14(10-8-13)15(16)17/h2-11,15H,1H3. The Labute approximate surface area is 112 Å². The normalized spacial score (nSPS) is 12.7. The van der Waals surface area contributed by atoms with Gasteiger partial charge in [0.15, 0.2) is 0 Å². The molecule has 0 aliphatic carbocycles. The predicted molar refractivity (Wildman–Crippen MR) is 74.8 cm³/mol. The van der Waals surface area contributed by atoms with Crippen molar-refractivity contribution in [1.29, 1.82) is 0 Å². The van der Waals surface area contributed by atoms with Crippen molar-refractivity contribution in [3.05, 3.63) is 71.3 Å². The summed E-state index contributed by atoms with van der Waals surface area (Å²) in [5.41, 5.74) is 3.53. The summed E-state index contributed by atoms with van der Waals surface area (Å²) in [4.78, 5) is -0.448. The highest BCUT2D eigenvalue weighted by Crippen LogP contribution is 2.28. The molecule has 0 N–H and O–H groups in total. The van der Waals surface area contributed by atoms with Gasteiger partial charge in [-0.15, -0.1) is 23.2 Å². The van der Waals surface area contributed by atoms with Crippen molar-refractivity contribution in [2.75, 3.05) is 0 Å². The van der Waals surface area contributed by atoms with Gasteiger partial charge in [-0.25, -0.2) is 0 Å². The van der Waals surface area contributed by atoms with Gasteiger partial charge in [0, 0.05) is 5.92 Å². The highest BCUT2D eigenvalue weighted by molar-refractivity contribution is 6.44. The first-order valence-corrected chi connectivity index (χ1v) is 6.48. The van der Waals surface area contributed by atoms with E-state index in [1.165, 1.54) is 11.1 Å². The van der Waals surface area contributed by atoms with Crippen LogP contribution in [0.4, 0.5) is 0 Å². The highest BCUT2D eigenvalue weighted by Gasteiger charge is 2.09. The molecular formula is C15H14Cl2. The van der Waals surface area contributed by atoms with E-state index in [-0.39, 0.29) is 0 Å². The van der Waals surface area contributed by atoms with Crippen LogP contribution in [0.3, 0.4) is 0 Å². The minimum atomic E-state index is -0.448. The SMILES string of the molecule is CC(c1ccccc1)c1ccc(C(Cl)Cl)cc1. The van der Waals surface area contributed by atoms with Crippen molar-refractivity contribution in [2.24, 2.45) is 0 Å². The zero-order chi connectivity index (χ0) is 12.3. The minimum Gasteiger partial charge on any atom is -0.100 e. The third-order valence-electron chi connectivity index (χ3n) is 2.99. The lowest BCUT2D eigenvalue weighted by atomic mass is 9.93. The summed E-state index contributed by atoms with van der Waals surface area (Å²) in [6.07, 6.45) is 0. The van der Waals surface area contributed by atoms with Crippen molar-refractivity contribution < 1.29 is 0 Å². The third-order valence-corrected chi connectivity index (χ3v) is 3.49. The Morgan fingerprint density at radius 1 is 0.706 bits per heavy atom. The number of rotatable bonds is 3. The molecule has 2 rings (SSSR count). The van der Waals surface area contributed by atoms with Gasteiger partial charge in [0.2, 0.25) is 0 Å². The van der Waals surface area contributed by atoms with Gasteiger partial charge in [-0.2, -0.15) is 0 Å². The smallest absolute Gasteiger partial charge is 0.100 e. The van der Waals surface area contributed by atoms with Crippen molar-refractivity contribution in [1.82, 2.24) is 0 Å². The fourth-order valence-corrected chi connectivity index (χ4v) is 2.16. The van der Waals surface area contributed by atoms with E-state index in [0.717, 1.165) is 5.56 Å². The fourth-order valence-electron chi connectivity index (χ4n) is 1.86. The van der Waals surface area contributed by atoms with Gasteiger partial charge >= 0.3 is 0 Å². The van der Waals surface area contributed by atoms with Crippen LogP contribution in [0.25, 0.3) is 0 Å². The van der Waals surface area contributed by atoms with Crippen LogP contribution in [0.15, 0.2) is 54.6 Å². The number of benzene rings is 2. The molecule has 0 saturated carbocycles. The van der Waals surface area contributed by atoms with E-state index < -0.39 is 4.84 Å². The summed E-state index contributed by atoms with van der Waals surface area (Å²) < 4.78 is 0. The van der Waals surface area contributed by atoms with Gasteiger partial charge in [0.1, 0.15) is 4.84 Å². The maximum absolute atomic E-state index is 5.82. The van der Waals surface area contributed by atoms with Gasteiger partial charge in [-0.3, -0.25) is 0 Å². The lowest BCUT2D eigenvalue weighted by Crippen LogP contribution is -1.95. The fraction of sp³-hybridized carbons (Fsp3) is 0.200. The molecule has 17 heavy (non-hydrogen) atoms. The monoisotopic (exact) mass is 264 g/mol. The molecule has 1 atom stereocenters. The predicted octanol–water partition coefficient (Wildman–Crippen LogP) is 5.31. The largest absolute Gasteiger partial charge is 0.132 e. The van der Waals surface area contributed by atoms with Crippen LogP contribution in [0.2, 0.25) is 0 Å².